The fraction of sp³-hybridized carbons (Fsp3) is 0.800. The average Bonchev–Trinajstić information content (AvgIpc) is 2.50. The second kappa shape index (κ2) is 14.4. The van der Waals surface area contributed by atoms with Crippen molar-refractivity contribution in [2.45, 2.75) is 40.0 Å². The van der Waals surface area contributed by atoms with E-state index in [4.69, 9.17) is 32.2 Å². The van der Waals surface area contributed by atoms with Crippen molar-refractivity contribution >= 4 is 46.3 Å². The Morgan fingerprint density at radius 3 is 2.00 bits per heavy atom. The van der Waals surface area contributed by atoms with Gasteiger partial charge in [0.1, 0.15) is 0 Å². The normalized spacial score (nSPS) is 10.5. The zero-order chi connectivity index (χ0) is 17.7. The molecule has 0 atom stereocenters. The molecule has 0 rings (SSSR count). The number of carbonyl (C=O) groups is 2. The average molecular weight is 429 g/mol. The summed E-state index contributed by atoms with van der Waals surface area (Å²) in [5, 5.41) is 2.98. The van der Waals surface area contributed by atoms with Crippen LogP contribution < -0.4 is 11.1 Å². The van der Waals surface area contributed by atoms with E-state index in [0.717, 1.165) is 0 Å². The predicted molar refractivity (Wildman–Crippen MR) is 101 cm³/mol. The number of ether oxygens (including phenoxy) is 3. The molecule has 9 heteroatoms. The molecule has 142 valence electrons. The highest BCUT2D eigenvalue weighted by atomic mass is 79.9. The summed E-state index contributed by atoms with van der Waals surface area (Å²) in [7, 11) is 0. The van der Waals surface area contributed by atoms with E-state index < -0.39 is 17.4 Å². The van der Waals surface area contributed by atoms with E-state index in [9.17, 15) is 9.59 Å². The molecule has 0 spiro atoms. The summed E-state index contributed by atoms with van der Waals surface area (Å²) in [6.07, 6.45) is 1.00. The fourth-order valence-electron chi connectivity index (χ4n) is 2.15. The third-order valence-corrected chi connectivity index (χ3v) is 3.43. The third-order valence-electron chi connectivity index (χ3n) is 3.29. The first-order valence-electron chi connectivity index (χ1n) is 7.90. The van der Waals surface area contributed by atoms with E-state index in [-0.39, 0.29) is 54.8 Å². The molecule has 3 N–H and O–H groups in total. The molecule has 0 aliphatic heterocycles. The Labute approximate surface area is 159 Å². The second-order valence-electron chi connectivity index (χ2n) is 4.86. The highest BCUT2D eigenvalue weighted by Gasteiger charge is 2.48. The van der Waals surface area contributed by atoms with E-state index in [2.05, 4.69) is 5.32 Å². The van der Waals surface area contributed by atoms with Gasteiger partial charge in [-0.05, 0) is 52.3 Å². The Hall–Kier alpha value is -0.930. The molecule has 0 heterocycles. The number of thiocarbonyl (C=S) groups is 1. The van der Waals surface area contributed by atoms with Gasteiger partial charge in [-0.2, -0.15) is 0 Å². The first-order chi connectivity index (χ1) is 10.9. The summed E-state index contributed by atoms with van der Waals surface area (Å²) < 4.78 is 15.6. The first kappa shape index (κ1) is 25.3. The maximum atomic E-state index is 12.5. The topological polar surface area (TPSA) is 99.9 Å². The number of nitrogens with one attached hydrogen (secondary N) is 1. The monoisotopic (exact) mass is 428 g/mol. The molecule has 0 unspecified atom stereocenters. The van der Waals surface area contributed by atoms with Crippen LogP contribution in [0.5, 0.6) is 0 Å². The van der Waals surface area contributed by atoms with Gasteiger partial charge >= 0.3 is 11.9 Å². The number of rotatable bonds is 12. The molecule has 0 bridgehead atoms. The van der Waals surface area contributed by atoms with E-state index in [1.807, 2.05) is 6.92 Å². The van der Waals surface area contributed by atoms with Gasteiger partial charge in [0.15, 0.2) is 10.5 Å². The van der Waals surface area contributed by atoms with Gasteiger partial charge < -0.3 is 25.3 Å². The lowest BCUT2D eigenvalue weighted by molar-refractivity contribution is -0.174. The standard InChI is InChI=1S/C15H28N2O5S.BrH/c1-4-20-11-9-15(12(18)21-5-2,13(19)22-6-3)8-7-10-17-14(16)23;/h4-11H2,1-3H3,(H3,16,17,23);1H. The van der Waals surface area contributed by atoms with Crippen LogP contribution in [0.1, 0.15) is 40.0 Å². The highest BCUT2D eigenvalue weighted by molar-refractivity contribution is 8.93. The van der Waals surface area contributed by atoms with Crippen molar-refractivity contribution in [1.29, 1.82) is 0 Å². The van der Waals surface area contributed by atoms with Gasteiger partial charge in [-0.15, -0.1) is 17.0 Å². The summed E-state index contributed by atoms with van der Waals surface area (Å²) >= 11 is 4.74. The molecule has 7 nitrogen and oxygen atoms in total. The summed E-state index contributed by atoms with van der Waals surface area (Å²) in [4.78, 5) is 24.9. The van der Waals surface area contributed by atoms with Crippen LogP contribution in [-0.4, -0.2) is 50.0 Å². The lowest BCUT2D eigenvalue weighted by atomic mass is 9.80. The maximum absolute atomic E-state index is 12.5. The summed E-state index contributed by atoms with van der Waals surface area (Å²) in [5.41, 5.74) is 4.01. The summed E-state index contributed by atoms with van der Waals surface area (Å²) in [5.74, 6) is -1.15. The smallest absolute Gasteiger partial charge is 0.323 e. The van der Waals surface area contributed by atoms with E-state index >= 15 is 0 Å². The number of hydrogen-bond acceptors (Lipinski definition) is 6. The Morgan fingerprint density at radius 1 is 1.04 bits per heavy atom. The van der Waals surface area contributed by atoms with Gasteiger partial charge in [-0.25, -0.2) is 0 Å². The molecule has 24 heavy (non-hydrogen) atoms. The SMILES string of the molecule is Br.CCOCCC(CCCNC(N)=S)(C(=O)OCC)C(=O)OCC. The Kier molecular flexibility index (Phi) is 15.2. The van der Waals surface area contributed by atoms with Crippen LogP contribution in [0.4, 0.5) is 0 Å². The van der Waals surface area contributed by atoms with Gasteiger partial charge in [0, 0.05) is 19.8 Å². The highest BCUT2D eigenvalue weighted by Crippen LogP contribution is 2.32. The zero-order valence-corrected chi connectivity index (χ0v) is 17.1. The van der Waals surface area contributed by atoms with Crippen LogP contribution in [0.2, 0.25) is 0 Å². The number of nitrogens with two attached hydrogens (primary N) is 1. The molecule has 0 aromatic rings. The quantitative estimate of drug-likeness (QED) is 0.209. The van der Waals surface area contributed by atoms with Crippen LogP contribution in [0, 0.1) is 5.41 Å². The molecular weight excluding hydrogens is 400 g/mol. The molecule has 0 aromatic carbocycles. The van der Waals surface area contributed by atoms with Crippen LogP contribution in [-0.2, 0) is 23.8 Å². The van der Waals surface area contributed by atoms with Crippen molar-refractivity contribution in [2.75, 3.05) is 33.0 Å². The minimum atomic E-state index is -1.36. The Balaban J connectivity index is 0. The molecule has 0 saturated heterocycles. The number of hydrogen-bond donors (Lipinski definition) is 2. The summed E-state index contributed by atoms with van der Waals surface area (Å²) in [6, 6.07) is 0. The summed E-state index contributed by atoms with van der Waals surface area (Å²) in [6.45, 7) is 6.88. The van der Waals surface area contributed by atoms with Crippen LogP contribution >= 0.6 is 29.2 Å². The number of esters is 2. The van der Waals surface area contributed by atoms with Gasteiger partial charge in [0.25, 0.3) is 0 Å². The first-order valence-corrected chi connectivity index (χ1v) is 8.30. The van der Waals surface area contributed by atoms with Crippen molar-refractivity contribution in [3.63, 3.8) is 0 Å². The van der Waals surface area contributed by atoms with E-state index in [1.54, 1.807) is 13.8 Å². The van der Waals surface area contributed by atoms with Crippen molar-refractivity contribution < 1.29 is 23.8 Å². The lowest BCUT2D eigenvalue weighted by Crippen LogP contribution is -2.44. The molecule has 0 aliphatic carbocycles. The predicted octanol–water partition coefficient (Wildman–Crippen LogP) is 1.72. The van der Waals surface area contributed by atoms with Gasteiger partial charge in [-0.1, -0.05) is 0 Å². The van der Waals surface area contributed by atoms with E-state index in [0.29, 0.717) is 19.6 Å². The van der Waals surface area contributed by atoms with Crippen molar-refractivity contribution in [2.24, 2.45) is 11.1 Å². The molecule has 0 saturated carbocycles. The van der Waals surface area contributed by atoms with Gasteiger partial charge in [0.2, 0.25) is 0 Å². The number of carbonyl (C=O) groups excluding carboxylic acids is 2. The van der Waals surface area contributed by atoms with Gasteiger partial charge in [0.05, 0.1) is 13.2 Å². The molecule has 0 amide bonds. The van der Waals surface area contributed by atoms with Crippen LogP contribution in [0.15, 0.2) is 0 Å². The molecular formula is C15H29BrN2O5S. The van der Waals surface area contributed by atoms with E-state index in [1.165, 1.54) is 0 Å². The molecule has 0 aliphatic rings. The molecule has 0 fully saturated rings. The lowest BCUT2D eigenvalue weighted by Gasteiger charge is -2.29. The van der Waals surface area contributed by atoms with Crippen molar-refractivity contribution in [3.8, 4) is 0 Å². The van der Waals surface area contributed by atoms with Crippen LogP contribution in [0.3, 0.4) is 0 Å². The second-order valence-corrected chi connectivity index (χ2v) is 5.30. The van der Waals surface area contributed by atoms with Crippen LogP contribution in [0.25, 0.3) is 0 Å². The Morgan fingerprint density at radius 2 is 1.58 bits per heavy atom. The molecule has 0 radical (unpaired) electrons. The van der Waals surface area contributed by atoms with Gasteiger partial charge in [-0.3, -0.25) is 9.59 Å². The fourth-order valence-corrected chi connectivity index (χ4v) is 2.25. The van der Waals surface area contributed by atoms with Crippen molar-refractivity contribution in [3.05, 3.63) is 0 Å². The zero-order valence-electron chi connectivity index (χ0n) is 14.6. The number of halogens is 1. The van der Waals surface area contributed by atoms with Crippen molar-refractivity contribution in [1.82, 2.24) is 5.32 Å². The Bertz CT molecular complexity index is 378. The minimum Gasteiger partial charge on any atom is -0.465 e. The maximum Gasteiger partial charge on any atom is 0.323 e. The largest absolute Gasteiger partial charge is 0.465 e. The minimum absolute atomic E-state index is 0. The molecule has 0 aromatic heterocycles. The third kappa shape index (κ3) is 8.79.